The van der Waals surface area contributed by atoms with E-state index in [1.54, 1.807) is 23.4 Å². The lowest BCUT2D eigenvalue weighted by atomic mass is 10.0. The van der Waals surface area contributed by atoms with Crippen LogP contribution in [0.15, 0.2) is 48.1 Å². The minimum absolute atomic E-state index is 0.00408. The first kappa shape index (κ1) is 15.9. The number of nitrogens with zero attached hydrogens (tertiary/aromatic N) is 3. The summed E-state index contributed by atoms with van der Waals surface area (Å²) in [5.41, 5.74) is 3.42. The Bertz CT molecular complexity index is 910. The molecule has 0 fully saturated rings. The predicted molar refractivity (Wildman–Crippen MR) is 96.1 cm³/mol. The van der Waals surface area contributed by atoms with E-state index in [2.05, 4.69) is 9.97 Å². The fourth-order valence-electron chi connectivity index (χ4n) is 3.09. The first-order chi connectivity index (χ1) is 12.2. The van der Waals surface area contributed by atoms with Crippen molar-refractivity contribution in [2.75, 3.05) is 11.4 Å². The average Bonchev–Trinajstić information content (AvgIpc) is 3.10. The highest BCUT2D eigenvalue weighted by molar-refractivity contribution is 7.13. The number of aryl methyl sites for hydroxylation is 1. The number of hydrogen-bond donors (Lipinski definition) is 0. The van der Waals surface area contributed by atoms with Crippen LogP contribution in [0.4, 0.5) is 10.1 Å². The lowest BCUT2D eigenvalue weighted by molar-refractivity contribution is -0.118. The standard InChI is InChI=1S/C19H16FN3OS/c20-15-5-6-17-13(9-15)4-2-8-23(17)18(24)10-16-12-25-19(22-16)14-3-1-7-21-11-14/h1,3,5-7,9,11-12H,2,4,8,10H2. The van der Waals surface area contributed by atoms with Gasteiger partial charge in [-0.25, -0.2) is 9.37 Å². The van der Waals surface area contributed by atoms with Gasteiger partial charge in [0.25, 0.3) is 0 Å². The number of hydrogen-bond acceptors (Lipinski definition) is 4. The third-order valence-corrected chi connectivity index (χ3v) is 5.19. The molecule has 25 heavy (non-hydrogen) atoms. The minimum Gasteiger partial charge on any atom is -0.312 e. The van der Waals surface area contributed by atoms with Crippen LogP contribution in [0.25, 0.3) is 10.6 Å². The Morgan fingerprint density at radius 3 is 3.08 bits per heavy atom. The maximum atomic E-state index is 13.4. The molecule has 1 aliphatic heterocycles. The third kappa shape index (κ3) is 3.30. The topological polar surface area (TPSA) is 46.1 Å². The highest BCUT2D eigenvalue weighted by Crippen LogP contribution is 2.29. The molecule has 2 aromatic heterocycles. The van der Waals surface area contributed by atoms with Crippen LogP contribution in [0, 0.1) is 5.82 Å². The number of aromatic nitrogens is 2. The molecule has 0 atom stereocenters. The fraction of sp³-hybridized carbons (Fsp3) is 0.211. The molecule has 4 nitrogen and oxygen atoms in total. The molecule has 0 N–H and O–H groups in total. The number of rotatable bonds is 3. The van der Waals surface area contributed by atoms with Gasteiger partial charge < -0.3 is 4.90 Å². The molecule has 0 aliphatic carbocycles. The predicted octanol–water partition coefficient (Wildman–Crippen LogP) is 3.87. The summed E-state index contributed by atoms with van der Waals surface area (Å²) in [6.45, 7) is 0.664. The number of benzene rings is 1. The van der Waals surface area contributed by atoms with E-state index in [9.17, 15) is 9.18 Å². The summed E-state index contributed by atoms with van der Waals surface area (Å²) in [5.74, 6) is -0.260. The van der Waals surface area contributed by atoms with Gasteiger partial charge in [-0.2, -0.15) is 0 Å². The summed E-state index contributed by atoms with van der Waals surface area (Å²) in [7, 11) is 0. The van der Waals surface area contributed by atoms with Gasteiger partial charge in [0.15, 0.2) is 0 Å². The number of amides is 1. The molecular formula is C19H16FN3OS. The van der Waals surface area contributed by atoms with Crippen LogP contribution in [-0.4, -0.2) is 22.4 Å². The van der Waals surface area contributed by atoms with E-state index in [0.717, 1.165) is 40.4 Å². The number of fused-ring (bicyclic) bond motifs is 1. The maximum Gasteiger partial charge on any atom is 0.233 e. The number of thiazole rings is 1. The molecule has 0 saturated carbocycles. The van der Waals surface area contributed by atoms with Gasteiger partial charge >= 0.3 is 0 Å². The van der Waals surface area contributed by atoms with Gasteiger partial charge in [-0.1, -0.05) is 0 Å². The molecule has 6 heteroatoms. The van der Waals surface area contributed by atoms with Crippen molar-refractivity contribution in [1.82, 2.24) is 9.97 Å². The Balaban J connectivity index is 1.53. The smallest absolute Gasteiger partial charge is 0.233 e. The Kier molecular flexibility index (Phi) is 4.28. The fourth-order valence-corrected chi connectivity index (χ4v) is 3.90. The van der Waals surface area contributed by atoms with Crippen LogP contribution >= 0.6 is 11.3 Å². The van der Waals surface area contributed by atoms with Gasteiger partial charge in [0.1, 0.15) is 10.8 Å². The minimum atomic E-state index is -0.256. The SMILES string of the molecule is O=C(Cc1csc(-c2cccnc2)n1)N1CCCc2cc(F)ccc21. The lowest BCUT2D eigenvalue weighted by Crippen LogP contribution is -2.36. The quantitative estimate of drug-likeness (QED) is 0.718. The Morgan fingerprint density at radius 1 is 1.32 bits per heavy atom. The molecule has 0 saturated heterocycles. The summed E-state index contributed by atoms with van der Waals surface area (Å²) in [6.07, 6.45) is 5.38. The molecule has 0 bridgehead atoms. The van der Waals surface area contributed by atoms with Crippen molar-refractivity contribution >= 4 is 22.9 Å². The van der Waals surface area contributed by atoms with Gasteiger partial charge in [0.2, 0.25) is 5.91 Å². The van der Waals surface area contributed by atoms with Crippen LogP contribution in [0.3, 0.4) is 0 Å². The van der Waals surface area contributed by atoms with E-state index in [1.165, 1.54) is 23.5 Å². The highest BCUT2D eigenvalue weighted by atomic mass is 32.1. The first-order valence-corrected chi connectivity index (χ1v) is 9.02. The zero-order chi connectivity index (χ0) is 17.2. The van der Waals surface area contributed by atoms with Gasteiger partial charge in [-0.05, 0) is 48.7 Å². The van der Waals surface area contributed by atoms with Gasteiger partial charge in [0, 0.05) is 35.6 Å². The van der Waals surface area contributed by atoms with Crippen LogP contribution in [0.1, 0.15) is 17.7 Å². The molecule has 0 spiro atoms. The Morgan fingerprint density at radius 2 is 2.24 bits per heavy atom. The summed E-state index contributed by atoms with van der Waals surface area (Å²) in [6, 6.07) is 8.45. The van der Waals surface area contributed by atoms with Crippen molar-refractivity contribution in [2.24, 2.45) is 0 Å². The van der Waals surface area contributed by atoms with E-state index >= 15 is 0 Å². The number of pyridine rings is 1. The molecule has 3 heterocycles. The zero-order valence-corrected chi connectivity index (χ0v) is 14.3. The molecule has 1 aromatic carbocycles. The Hall–Kier alpha value is -2.60. The van der Waals surface area contributed by atoms with Crippen molar-refractivity contribution in [1.29, 1.82) is 0 Å². The molecule has 0 unspecified atom stereocenters. The zero-order valence-electron chi connectivity index (χ0n) is 13.5. The molecular weight excluding hydrogens is 337 g/mol. The molecule has 1 aliphatic rings. The number of anilines is 1. The molecule has 3 aromatic rings. The van der Waals surface area contributed by atoms with Crippen LogP contribution < -0.4 is 4.90 Å². The molecule has 0 radical (unpaired) electrons. The first-order valence-electron chi connectivity index (χ1n) is 8.14. The molecule has 126 valence electrons. The second-order valence-electron chi connectivity index (χ2n) is 5.98. The van der Waals surface area contributed by atoms with Gasteiger partial charge in [0.05, 0.1) is 12.1 Å². The second-order valence-corrected chi connectivity index (χ2v) is 6.84. The highest BCUT2D eigenvalue weighted by Gasteiger charge is 2.23. The average molecular weight is 353 g/mol. The van der Waals surface area contributed by atoms with Crippen molar-refractivity contribution in [3.63, 3.8) is 0 Å². The van der Waals surface area contributed by atoms with Gasteiger partial charge in [-0.15, -0.1) is 11.3 Å². The van der Waals surface area contributed by atoms with Crippen molar-refractivity contribution in [3.8, 4) is 10.6 Å². The third-order valence-electron chi connectivity index (χ3n) is 4.25. The Labute approximate surface area is 149 Å². The van der Waals surface area contributed by atoms with E-state index in [4.69, 9.17) is 0 Å². The normalized spacial score (nSPS) is 13.6. The number of halogens is 1. The van der Waals surface area contributed by atoms with Crippen LogP contribution in [-0.2, 0) is 17.6 Å². The molecule has 1 amide bonds. The summed E-state index contributed by atoms with van der Waals surface area (Å²) >= 11 is 1.51. The van der Waals surface area contributed by atoms with Crippen LogP contribution in [0.5, 0.6) is 0 Å². The molecule has 4 rings (SSSR count). The largest absolute Gasteiger partial charge is 0.312 e. The van der Waals surface area contributed by atoms with Gasteiger partial charge in [-0.3, -0.25) is 9.78 Å². The van der Waals surface area contributed by atoms with Crippen molar-refractivity contribution in [3.05, 3.63) is 65.2 Å². The van der Waals surface area contributed by atoms with E-state index < -0.39 is 0 Å². The number of carbonyl (C=O) groups excluding carboxylic acids is 1. The summed E-state index contributed by atoms with van der Waals surface area (Å²) in [5, 5.41) is 2.77. The van der Waals surface area contributed by atoms with Crippen LogP contribution in [0.2, 0.25) is 0 Å². The van der Waals surface area contributed by atoms with E-state index in [0.29, 0.717) is 6.54 Å². The summed E-state index contributed by atoms with van der Waals surface area (Å²) in [4.78, 5) is 23.2. The maximum absolute atomic E-state index is 13.4. The monoisotopic (exact) mass is 353 g/mol. The van der Waals surface area contributed by atoms with Crippen molar-refractivity contribution in [2.45, 2.75) is 19.3 Å². The van der Waals surface area contributed by atoms with E-state index in [1.807, 2.05) is 17.5 Å². The van der Waals surface area contributed by atoms with Crippen molar-refractivity contribution < 1.29 is 9.18 Å². The summed E-state index contributed by atoms with van der Waals surface area (Å²) < 4.78 is 13.4. The second kappa shape index (κ2) is 6.72. The number of carbonyl (C=O) groups is 1. The lowest BCUT2D eigenvalue weighted by Gasteiger charge is -2.29. The van der Waals surface area contributed by atoms with E-state index in [-0.39, 0.29) is 18.1 Å².